The maximum absolute atomic E-state index is 11.4. The minimum atomic E-state index is -3.13. The molecule has 0 radical (unpaired) electrons. The number of alkyl halides is 1. The van der Waals surface area contributed by atoms with Gasteiger partial charge in [-0.25, -0.2) is 13.1 Å². The fourth-order valence-electron chi connectivity index (χ4n) is 1.13. The minimum Gasteiger partial charge on any atom is -0.214 e. The van der Waals surface area contributed by atoms with E-state index in [0.29, 0.717) is 6.54 Å². The van der Waals surface area contributed by atoms with Gasteiger partial charge in [-0.05, 0) is 12.3 Å². The first-order valence-corrected chi connectivity index (χ1v) is 7.07. The molecule has 5 heteroatoms. The normalized spacial score (nSPS) is 14.6. The fraction of sp³-hybridized carbons (Fsp3) is 1.00. The zero-order chi connectivity index (χ0) is 11.2. The zero-order valence-corrected chi connectivity index (χ0v) is 10.7. The lowest BCUT2D eigenvalue weighted by Gasteiger charge is -2.11. The second-order valence-electron chi connectivity index (χ2n) is 3.91. The summed E-state index contributed by atoms with van der Waals surface area (Å²) in [5.74, 6) is 0.315. The van der Waals surface area contributed by atoms with Crippen LogP contribution in [0.4, 0.5) is 0 Å². The molecule has 0 aliphatic heterocycles. The number of hydrogen-bond acceptors (Lipinski definition) is 2. The Balaban J connectivity index is 3.87. The number of hydrogen-bond donors (Lipinski definition) is 1. The number of rotatable bonds is 7. The van der Waals surface area contributed by atoms with Crippen LogP contribution in [0.1, 0.15) is 33.6 Å². The van der Waals surface area contributed by atoms with E-state index in [9.17, 15) is 8.42 Å². The van der Waals surface area contributed by atoms with E-state index in [1.165, 1.54) is 0 Å². The molecule has 1 atom stereocenters. The van der Waals surface area contributed by atoms with Crippen molar-refractivity contribution in [3.8, 4) is 0 Å². The summed E-state index contributed by atoms with van der Waals surface area (Å²) >= 11 is 5.90. The molecule has 14 heavy (non-hydrogen) atoms. The van der Waals surface area contributed by atoms with Crippen molar-refractivity contribution in [1.29, 1.82) is 0 Å². The molecule has 0 spiro atoms. The van der Waals surface area contributed by atoms with Gasteiger partial charge in [0.1, 0.15) is 0 Å². The van der Waals surface area contributed by atoms with Crippen LogP contribution in [0.3, 0.4) is 0 Å². The lowest BCUT2D eigenvalue weighted by atomic mass is 10.2. The highest BCUT2D eigenvalue weighted by Gasteiger charge is 2.14. The molecule has 0 saturated carbocycles. The predicted molar refractivity (Wildman–Crippen MR) is 61.2 cm³/mol. The number of halogens is 1. The maximum Gasteiger partial charge on any atom is 0.211 e. The summed E-state index contributed by atoms with van der Waals surface area (Å²) in [4.78, 5) is 0. The van der Waals surface area contributed by atoms with E-state index in [0.717, 1.165) is 12.8 Å². The Morgan fingerprint density at radius 1 is 1.36 bits per heavy atom. The van der Waals surface area contributed by atoms with Gasteiger partial charge in [-0.2, -0.15) is 0 Å². The molecular weight excluding hydrogens is 222 g/mol. The molecule has 0 fully saturated rings. The third kappa shape index (κ3) is 7.59. The van der Waals surface area contributed by atoms with E-state index in [1.54, 1.807) is 0 Å². The highest BCUT2D eigenvalue weighted by molar-refractivity contribution is 7.89. The number of nitrogens with one attached hydrogen (secondary N) is 1. The van der Waals surface area contributed by atoms with E-state index in [2.05, 4.69) is 4.72 Å². The Kier molecular flexibility index (Phi) is 6.74. The molecule has 3 nitrogen and oxygen atoms in total. The molecule has 86 valence electrons. The molecule has 0 aromatic rings. The van der Waals surface area contributed by atoms with Gasteiger partial charge in [-0.3, -0.25) is 0 Å². The zero-order valence-electron chi connectivity index (χ0n) is 9.09. The van der Waals surface area contributed by atoms with E-state index in [1.807, 2.05) is 20.8 Å². The second-order valence-corrected chi connectivity index (χ2v) is 6.38. The van der Waals surface area contributed by atoms with E-state index >= 15 is 0 Å². The van der Waals surface area contributed by atoms with Crippen LogP contribution in [-0.2, 0) is 10.0 Å². The molecule has 0 amide bonds. The first-order chi connectivity index (χ1) is 6.37. The standard InChI is InChI=1S/C9H20ClNO2S/c1-4-5-9(10)6-11-14(12,13)7-8(2)3/h8-9,11H,4-7H2,1-3H3. The molecule has 0 aliphatic carbocycles. The first kappa shape index (κ1) is 14.2. The van der Waals surface area contributed by atoms with Crippen LogP contribution in [0.15, 0.2) is 0 Å². The average molecular weight is 242 g/mol. The van der Waals surface area contributed by atoms with Gasteiger partial charge in [0.25, 0.3) is 0 Å². The Bertz CT molecular complexity index is 239. The highest BCUT2D eigenvalue weighted by Crippen LogP contribution is 2.04. The van der Waals surface area contributed by atoms with Gasteiger partial charge in [0.15, 0.2) is 0 Å². The molecule has 0 aromatic carbocycles. The van der Waals surface area contributed by atoms with Crippen LogP contribution < -0.4 is 4.72 Å². The van der Waals surface area contributed by atoms with Crippen molar-refractivity contribution in [2.45, 2.75) is 39.0 Å². The van der Waals surface area contributed by atoms with Crippen LogP contribution in [0.2, 0.25) is 0 Å². The lowest BCUT2D eigenvalue weighted by Crippen LogP contribution is -2.33. The topological polar surface area (TPSA) is 46.2 Å². The van der Waals surface area contributed by atoms with Crippen LogP contribution in [-0.4, -0.2) is 26.1 Å². The molecule has 0 bridgehead atoms. The molecule has 0 rings (SSSR count). The Morgan fingerprint density at radius 2 is 1.93 bits per heavy atom. The largest absolute Gasteiger partial charge is 0.214 e. The van der Waals surface area contributed by atoms with Crippen molar-refractivity contribution in [2.75, 3.05) is 12.3 Å². The lowest BCUT2D eigenvalue weighted by molar-refractivity contribution is 0.564. The maximum atomic E-state index is 11.4. The summed E-state index contributed by atoms with van der Waals surface area (Å²) in [6.45, 7) is 6.12. The SMILES string of the molecule is CCCC(Cl)CNS(=O)(=O)CC(C)C. The van der Waals surface area contributed by atoms with Gasteiger partial charge >= 0.3 is 0 Å². The monoisotopic (exact) mass is 241 g/mol. The summed E-state index contributed by atoms with van der Waals surface area (Å²) in [6, 6.07) is 0. The van der Waals surface area contributed by atoms with Crippen LogP contribution in [0, 0.1) is 5.92 Å². The molecule has 0 aliphatic rings. The van der Waals surface area contributed by atoms with Gasteiger partial charge in [-0.1, -0.05) is 27.2 Å². The summed E-state index contributed by atoms with van der Waals surface area (Å²) < 4.78 is 25.3. The van der Waals surface area contributed by atoms with E-state index in [4.69, 9.17) is 11.6 Å². The quantitative estimate of drug-likeness (QED) is 0.693. The van der Waals surface area contributed by atoms with Crippen molar-refractivity contribution >= 4 is 21.6 Å². The van der Waals surface area contributed by atoms with E-state index < -0.39 is 10.0 Å². The van der Waals surface area contributed by atoms with Gasteiger partial charge in [-0.15, -0.1) is 11.6 Å². The first-order valence-electron chi connectivity index (χ1n) is 4.98. The number of sulfonamides is 1. The van der Waals surface area contributed by atoms with Gasteiger partial charge in [0.05, 0.1) is 5.75 Å². The summed E-state index contributed by atoms with van der Waals surface area (Å²) in [6.07, 6.45) is 1.81. The Hall–Kier alpha value is 0.200. The Morgan fingerprint density at radius 3 is 2.36 bits per heavy atom. The third-order valence-corrected chi connectivity index (χ3v) is 3.76. The second kappa shape index (κ2) is 6.64. The van der Waals surface area contributed by atoms with Crippen molar-refractivity contribution in [2.24, 2.45) is 5.92 Å². The highest BCUT2D eigenvalue weighted by atomic mass is 35.5. The smallest absolute Gasteiger partial charge is 0.211 e. The van der Waals surface area contributed by atoms with Crippen molar-refractivity contribution < 1.29 is 8.42 Å². The summed E-state index contributed by atoms with van der Waals surface area (Å²) in [5.41, 5.74) is 0. The molecular formula is C9H20ClNO2S. The Labute approximate surface area is 92.3 Å². The molecule has 0 heterocycles. The predicted octanol–water partition coefficient (Wildman–Crippen LogP) is 1.97. The van der Waals surface area contributed by atoms with Gasteiger partial charge < -0.3 is 0 Å². The summed E-state index contributed by atoms with van der Waals surface area (Å²) in [7, 11) is -3.13. The van der Waals surface area contributed by atoms with Crippen LogP contribution in [0.25, 0.3) is 0 Å². The van der Waals surface area contributed by atoms with Crippen molar-refractivity contribution in [1.82, 2.24) is 4.72 Å². The van der Waals surface area contributed by atoms with Crippen molar-refractivity contribution in [3.63, 3.8) is 0 Å². The third-order valence-electron chi connectivity index (χ3n) is 1.68. The molecule has 1 unspecified atom stereocenters. The van der Waals surface area contributed by atoms with Gasteiger partial charge in [0, 0.05) is 11.9 Å². The van der Waals surface area contributed by atoms with E-state index in [-0.39, 0.29) is 17.0 Å². The minimum absolute atomic E-state index is 0.0954. The average Bonchev–Trinajstić information content (AvgIpc) is 1.99. The molecule has 0 aromatic heterocycles. The van der Waals surface area contributed by atoms with Crippen LogP contribution in [0.5, 0.6) is 0 Å². The van der Waals surface area contributed by atoms with Gasteiger partial charge in [0.2, 0.25) is 10.0 Å². The molecule has 1 N–H and O–H groups in total. The van der Waals surface area contributed by atoms with Crippen molar-refractivity contribution in [3.05, 3.63) is 0 Å². The fourth-order valence-corrected chi connectivity index (χ4v) is 2.97. The van der Waals surface area contributed by atoms with Crippen LogP contribution >= 0.6 is 11.6 Å². The molecule has 0 saturated heterocycles. The summed E-state index contributed by atoms with van der Waals surface area (Å²) in [5, 5.41) is -0.0954.